The van der Waals surface area contributed by atoms with Crippen LogP contribution in [-0.2, 0) is 42.8 Å². The Kier molecular flexibility index (Phi) is 17.6. The van der Waals surface area contributed by atoms with Gasteiger partial charge in [-0.05, 0) is 53.1 Å². The predicted molar refractivity (Wildman–Crippen MR) is 251 cm³/mol. The van der Waals surface area contributed by atoms with Crippen LogP contribution in [0.1, 0.15) is 16.7 Å². The maximum atomic E-state index is 12.5. The van der Waals surface area contributed by atoms with E-state index in [9.17, 15) is 30.2 Å². The average Bonchev–Trinajstić information content (AvgIpc) is 4.19. The first-order chi connectivity index (χ1) is 32.3. The van der Waals surface area contributed by atoms with E-state index in [1.165, 1.54) is 0 Å². The number of anilines is 3. The molecular weight excluding hydrogens is 903 g/mol. The van der Waals surface area contributed by atoms with Gasteiger partial charge in [-0.1, -0.05) is 59.6 Å². The molecule has 3 atom stereocenters. The van der Waals surface area contributed by atoms with Crippen LogP contribution in [0.25, 0.3) is 15.8 Å². The van der Waals surface area contributed by atoms with E-state index in [4.69, 9.17) is 57.4 Å². The molecule has 19 heteroatoms. The number of nitrogens with two attached hydrogens (primary N) is 1. The summed E-state index contributed by atoms with van der Waals surface area (Å²) >= 11 is 13.0. The zero-order chi connectivity index (χ0) is 48.0. The number of hydrogen-bond acceptors (Lipinski definition) is 17. The van der Waals surface area contributed by atoms with E-state index < -0.39 is 17.9 Å². The van der Waals surface area contributed by atoms with Gasteiger partial charge < -0.3 is 48.9 Å². The fraction of sp³-hybridized carbons (Fsp3) is 0.375. The number of rotatable bonds is 24. The van der Waals surface area contributed by atoms with Crippen molar-refractivity contribution < 1.29 is 42.8 Å². The highest BCUT2D eigenvalue weighted by atomic mass is 35.5. The van der Waals surface area contributed by atoms with Crippen molar-refractivity contribution in [1.29, 1.82) is 15.8 Å². The summed E-state index contributed by atoms with van der Waals surface area (Å²) in [7, 11) is 5.92. The van der Waals surface area contributed by atoms with Crippen LogP contribution < -0.4 is 20.4 Å². The Hall–Kier alpha value is -6.62. The minimum atomic E-state index is -0.801. The van der Waals surface area contributed by atoms with Gasteiger partial charge in [0.2, 0.25) is 0 Å². The number of halogens is 2. The van der Waals surface area contributed by atoms with Crippen molar-refractivity contribution in [3.05, 3.63) is 106 Å². The summed E-state index contributed by atoms with van der Waals surface area (Å²) in [4.78, 5) is 46.2. The smallest absolute Gasteiger partial charge is 0.351 e. The fourth-order valence-electron chi connectivity index (χ4n) is 6.45. The first kappa shape index (κ1) is 49.8. The second kappa shape index (κ2) is 23.7. The van der Waals surface area contributed by atoms with Crippen LogP contribution in [0.15, 0.2) is 89.5 Å². The predicted octanol–water partition coefficient (Wildman–Crippen LogP) is 4.66. The molecule has 6 rings (SSSR count). The topological polar surface area (TPSA) is 227 Å². The maximum absolute atomic E-state index is 12.5. The van der Waals surface area contributed by atoms with Gasteiger partial charge in [-0.15, -0.1) is 0 Å². The summed E-state index contributed by atoms with van der Waals surface area (Å²) < 4.78 is 30.7. The van der Waals surface area contributed by atoms with Gasteiger partial charge in [0.25, 0.3) is 0 Å². The summed E-state index contributed by atoms with van der Waals surface area (Å²) in [5.41, 5.74) is 9.65. The second-order valence-corrected chi connectivity index (χ2v) is 16.7. The molecule has 67 heavy (non-hydrogen) atoms. The molecule has 3 aliphatic heterocycles. The molecule has 0 radical (unpaired) electrons. The molecule has 3 heterocycles. The molecule has 3 aliphatic rings. The number of epoxide rings is 3. The molecule has 3 aromatic carbocycles. The van der Waals surface area contributed by atoms with Crippen molar-refractivity contribution in [1.82, 2.24) is 4.90 Å². The molecule has 0 aromatic heterocycles. The molecule has 3 saturated heterocycles. The SMILES string of the molecule is CN(CCN(CCN(C)c1ccc(/C(Cl)=C(\C#N)C(=O)OCC2CO2)cc1)CCN(C)c1ccc(/C(Cl)=C(\C#N)C(=O)OCC2CO2)cc1)c1ccc(/C(N)=C(\C#N)C(=O)OCC2CO2)cc1. The number of likely N-dealkylation sites (N-methyl/N-ethyl adjacent to an activating group) is 3. The van der Waals surface area contributed by atoms with Gasteiger partial charge in [-0.25, -0.2) is 14.4 Å². The van der Waals surface area contributed by atoms with Crippen LogP contribution in [0, 0.1) is 34.0 Å². The standard InChI is InChI=1S/C48H50Cl2N8O9/c1-55(34-10-4-31(5-11-34)43(49)40(22-51)46(59)65-28-37-25-62-37)16-19-58(20-17-56(2)35-12-6-32(7-13-35)44(50)41(23-52)47(60)66-29-38-26-63-38)21-18-57(3)36-14-8-33(9-15-36)45(54)42(24-53)48(61)67-30-39-27-64-39/h4-15,37-39H,16-21,25-30,54H2,1-3H3/b43-40-,44-41-,45-42-. The van der Waals surface area contributed by atoms with Gasteiger partial charge in [0, 0.05) is 77.5 Å². The number of nitrogens with zero attached hydrogens (tertiary/aromatic N) is 7. The van der Waals surface area contributed by atoms with E-state index in [1.54, 1.807) is 36.4 Å². The number of benzene rings is 3. The lowest BCUT2D eigenvalue weighted by Crippen LogP contribution is -2.41. The van der Waals surface area contributed by atoms with E-state index >= 15 is 0 Å². The van der Waals surface area contributed by atoms with Crippen molar-refractivity contribution in [2.24, 2.45) is 5.73 Å². The van der Waals surface area contributed by atoms with Gasteiger partial charge in [0.1, 0.15) is 56.3 Å². The summed E-state index contributed by atoms with van der Waals surface area (Å²) in [5, 5.41) is 29.0. The molecule has 3 fully saturated rings. The van der Waals surface area contributed by atoms with Gasteiger partial charge in [-0.2, -0.15) is 15.8 Å². The molecule has 17 nitrogen and oxygen atoms in total. The summed E-state index contributed by atoms with van der Waals surface area (Å²) in [6.07, 6.45) is -0.429. The maximum Gasteiger partial charge on any atom is 0.351 e. The minimum Gasteiger partial charge on any atom is -0.459 e. The fourth-order valence-corrected chi connectivity index (χ4v) is 6.94. The van der Waals surface area contributed by atoms with E-state index in [0.29, 0.717) is 75.8 Å². The highest BCUT2D eigenvalue weighted by Crippen LogP contribution is 2.28. The van der Waals surface area contributed by atoms with Crippen molar-refractivity contribution in [2.45, 2.75) is 18.3 Å². The van der Waals surface area contributed by atoms with Crippen LogP contribution in [-0.4, -0.2) is 141 Å². The van der Waals surface area contributed by atoms with E-state index in [1.807, 2.05) is 75.7 Å². The molecular formula is C48H50Cl2N8O9. The highest BCUT2D eigenvalue weighted by molar-refractivity contribution is 6.51. The van der Waals surface area contributed by atoms with Crippen molar-refractivity contribution in [3.63, 3.8) is 0 Å². The lowest BCUT2D eigenvalue weighted by molar-refractivity contribution is -0.139. The Bertz CT molecular complexity index is 2210. The quantitative estimate of drug-likeness (QED) is 0.0423. The molecule has 2 N–H and O–H groups in total. The molecule has 0 saturated carbocycles. The highest BCUT2D eigenvalue weighted by Gasteiger charge is 2.28. The van der Waals surface area contributed by atoms with Crippen LogP contribution in [0.5, 0.6) is 0 Å². The third kappa shape index (κ3) is 14.4. The second-order valence-electron chi connectivity index (χ2n) is 15.9. The third-order valence-corrected chi connectivity index (χ3v) is 11.9. The van der Waals surface area contributed by atoms with Gasteiger partial charge in [-0.3, -0.25) is 4.90 Å². The molecule has 0 bridgehead atoms. The van der Waals surface area contributed by atoms with E-state index in [2.05, 4.69) is 19.6 Å². The number of carbonyl (C=O) groups is 3. The van der Waals surface area contributed by atoms with Gasteiger partial charge >= 0.3 is 17.9 Å². The Morgan fingerprint density at radius 3 is 1.10 bits per heavy atom. The van der Waals surface area contributed by atoms with Gasteiger partial charge in [0.05, 0.1) is 35.6 Å². The van der Waals surface area contributed by atoms with E-state index in [-0.39, 0.29) is 70.6 Å². The number of nitriles is 3. The molecule has 3 aromatic rings. The normalized spacial score (nSPS) is 17.8. The van der Waals surface area contributed by atoms with Crippen molar-refractivity contribution >= 4 is 73.9 Å². The van der Waals surface area contributed by atoms with Crippen molar-refractivity contribution in [2.75, 3.05) is 115 Å². The Labute approximate surface area is 399 Å². The Balaban J connectivity index is 1.10. The molecule has 3 unspecified atom stereocenters. The zero-order valence-electron chi connectivity index (χ0n) is 37.3. The number of esters is 3. The van der Waals surface area contributed by atoms with Crippen LogP contribution in [0.3, 0.4) is 0 Å². The number of hydrogen-bond donors (Lipinski definition) is 1. The Morgan fingerprint density at radius 2 is 0.821 bits per heavy atom. The van der Waals surface area contributed by atoms with Crippen LogP contribution >= 0.6 is 23.2 Å². The summed E-state index contributed by atoms with van der Waals surface area (Å²) in [5.74, 6) is -2.40. The average molecular weight is 954 g/mol. The lowest BCUT2D eigenvalue weighted by atomic mass is 10.1. The summed E-state index contributed by atoms with van der Waals surface area (Å²) in [6.45, 7) is 5.69. The molecule has 0 spiro atoms. The molecule has 0 aliphatic carbocycles. The van der Waals surface area contributed by atoms with Crippen LogP contribution in [0.2, 0.25) is 0 Å². The zero-order valence-corrected chi connectivity index (χ0v) is 38.8. The van der Waals surface area contributed by atoms with Gasteiger partial charge in [0.15, 0.2) is 16.7 Å². The first-order valence-corrected chi connectivity index (χ1v) is 22.1. The first-order valence-electron chi connectivity index (χ1n) is 21.3. The number of carbonyl (C=O) groups excluding carboxylic acids is 3. The Morgan fingerprint density at radius 1 is 0.537 bits per heavy atom. The lowest BCUT2D eigenvalue weighted by Gasteiger charge is -2.31. The largest absolute Gasteiger partial charge is 0.459 e. The minimum absolute atomic E-state index is 0.0000330. The van der Waals surface area contributed by atoms with Crippen molar-refractivity contribution in [3.8, 4) is 18.2 Å². The van der Waals surface area contributed by atoms with E-state index in [0.717, 1.165) is 17.1 Å². The molecule has 0 amide bonds. The number of ether oxygens (including phenoxy) is 6. The third-order valence-electron chi connectivity index (χ3n) is 11.1. The molecule has 350 valence electrons. The summed E-state index contributed by atoms with van der Waals surface area (Å²) in [6, 6.07) is 27.4. The van der Waals surface area contributed by atoms with Crippen LogP contribution in [0.4, 0.5) is 17.1 Å². The monoisotopic (exact) mass is 952 g/mol.